The quantitative estimate of drug-likeness (QED) is 0.634. The number of rotatable bonds is 5. The monoisotopic (exact) mass is 443 g/mol. The van der Waals surface area contributed by atoms with Crippen LogP contribution in [0.15, 0.2) is 36.5 Å². The first-order chi connectivity index (χ1) is 14.4. The van der Waals surface area contributed by atoms with Gasteiger partial charge in [0.2, 0.25) is 0 Å². The Kier molecular flexibility index (Phi) is 5.90. The van der Waals surface area contributed by atoms with Crippen LogP contribution in [0.4, 0.5) is 5.69 Å². The van der Waals surface area contributed by atoms with Crippen LogP contribution in [0.5, 0.6) is 0 Å². The van der Waals surface area contributed by atoms with Crippen molar-refractivity contribution >= 4 is 40.4 Å². The van der Waals surface area contributed by atoms with Crippen LogP contribution in [0.2, 0.25) is 5.02 Å². The standard InChI is InChI=1S/C21H22ClN5O2S/c1-26-8-7-16-18(12-26)30-21(25-16)20(29)24-15-6-4-3-5-13(15)10-23-19(28)17-9-14(22)11-27(17)2/h3-6,9,11H,7-8,10,12H2,1-2H3,(H,23,28)(H,24,29). The number of aryl methyl sites for hydroxylation is 1. The largest absolute Gasteiger partial charge is 0.347 e. The van der Waals surface area contributed by atoms with Gasteiger partial charge in [0.1, 0.15) is 5.69 Å². The minimum absolute atomic E-state index is 0.231. The summed E-state index contributed by atoms with van der Waals surface area (Å²) in [5.41, 5.74) is 2.95. The van der Waals surface area contributed by atoms with Crippen LogP contribution in [0.25, 0.3) is 0 Å². The molecule has 1 aromatic carbocycles. The number of anilines is 1. The van der Waals surface area contributed by atoms with E-state index in [9.17, 15) is 9.59 Å². The highest BCUT2D eigenvalue weighted by molar-refractivity contribution is 7.13. The third kappa shape index (κ3) is 4.40. The van der Waals surface area contributed by atoms with Crippen LogP contribution in [-0.4, -0.2) is 39.9 Å². The number of nitrogens with zero attached hydrogens (tertiary/aromatic N) is 3. The lowest BCUT2D eigenvalue weighted by molar-refractivity contribution is 0.0942. The average Bonchev–Trinajstić information content (AvgIpc) is 3.29. The molecule has 9 heteroatoms. The van der Waals surface area contributed by atoms with Gasteiger partial charge in [-0.3, -0.25) is 9.59 Å². The van der Waals surface area contributed by atoms with E-state index in [1.165, 1.54) is 11.3 Å². The van der Waals surface area contributed by atoms with Crippen molar-refractivity contribution in [1.82, 2.24) is 19.8 Å². The number of benzene rings is 1. The zero-order valence-corrected chi connectivity index (χ0v) is 18.3. The van der Waals surface area contributed by atoms with Crippen molar-refractivity contribution in [2.24, 2.45) is 7.05 Å². The predicted molar refractivity (Wildman–Crippen MR) is 118 cm³/mol. The molecule has 0 saturated carbocycles. The number of carbonyl (C=O) groups excluding carboxylic acids is 2. The fraction of sp³-hybridized carbons (Fsp3) is 0.286. The second-order valence-electron chi connectivity index (χ2n) is 7.33. The smallest absolute Gasteiger partial charge is 0.284 e. The van der Waals surface area contributed by atoms with E-state index in [0.29, 0.717) is 21.4 Å². The van der Waals surface area contributed by atoms with Gasteiger partial charge in [0.05, 0.1) is 10.7 Å². The zero-order valence-electron chi connectivity index (χ0n) is 16.7. The van der Waals surface area contributed by atoms with Gasteiger partial charge in [0, 0.05) is 49.9 Å². The summed E-state index contributed by atoms with van der Waals surface area (Å²) in [6.45, 7) is 2.05. The summed E-state index contributed by atoms with van der Waals surface area (Å²) in [6, 6.07) is 9.02. The predicted octanol–water partition coefficient (Wildman–Crippen LogP) is 3.31. The Bertz CT molecular complexity index is 1110. The van der Waals surface area contributed by atoms with E-state index in [4.69, 9.17) is 11.6 Å². The van der Waals surface area contributed by atoms with E-state index in [2.05, 4.69) is 27.6 Å². The maximum atomic E-state index is 12.8. The van der Waals surface area contributed by atoms with Gasteiger partial charge in [-0.1, -0.05) is 29.8 Å². The summed E-state index contributed by atoms with van der Waals surface area (Å²) in [7, 11) is 3.83. The summed E-state index contributed by atoms with van der Waals surface area (Å²) in [5.74, 6) is -0.465. The Morgan fingerprint density at radius 2 is 2.03 bits per heavy atom. The number of halogens is 1. The molecule has 0 radical (unpaired) electrons. The molecular weight excluding hydrogens is 422 g/mol. The van der Waals surface area contributed by atoms with Crippen molar-refractivity contribution in [3.05, 3.63) is 68.4 Å². The van der Waals surface area contributed by atoms with Crippen LogP contribution in [0, 0.1) is 0 Å². The highest BCUT2D eigenvalue weighted by atomic mass is 35.5. The molecule has 2 amide bonds. The van der Waals surface area contributed by atoms with Crippen LogP contribution in [0.1, 0.15) is 36.4 Å². The zero-order chi connectivity index (χ0) is 21.3. The normalized spacial score (nSPS) is 13.7. The van der Waals surface area contributed by atoms with E-state index >= 15 is 0 Å². The number of hydrogen-bond acceptors (Lipinski definition) is 5. The number of likely N-dealkylation sites (N-methyl/N-ethyl adjacent to an activating group) is 1. The van der Waals surface area contributed by atoms with Crippen molar-refractivity contribution < 1.29 is 9.59 Å². The Morgan fingerprint density at radius 3 is 2.80 bits per heavy atom. The van der Waals surface area contributed by atoms with E-state index in [1.807, 2.05) is 24.3 Å². The van der Waals surface area contributed by atoms with Gasteiger partial charge in [0.25, 0.3) is 11.8 Å². The highest BCUT2D eigenvalue weighted by Gasteiger charge is 2.22. The molecule has 1 aliphatic heterocycles. The molecule has 4 rings (SSSR count). The number of para-hydroxylation sites is 1. The topological polar surface area (TPSA) is 79.3 Å². The molecule has 2 N–H and O–H groups in total. The van der Waals surface area contributed by atoms with Gasteiger partial charge in [-0.25, -0.2) is 4.98 Å². The van der Waals surface area contributed by atoms with Crippen molar-refractivity contribution in [2.45, 2.75) is 19.5 Å². The lowest BCUT2D eigenvalue weighted by Crippen LogP contribution is -2.25. The number of thiazole rings is 1. The second kappa shape index (κ2) is 8.59. The Balaban J connectivity index is 1.45. The summed E-state index contributed by atoms with van der Waals surface area (Å²) in [6.07, 6.45) is 2.54. The highest BCUT2D eigenvalue weighted by Crippen LogP contribution is 2.25. The Morgan fingerprint density at radius 1 is 1.23 bits per heavy atom. The number of aromatic nitrogens is 2. The van der Waals surface area contributed by atoms with Gasteiger partial charge >= 0.3 is 0 Å². The van der Waals surface area contributed by atoms with E-state index in [1.54, 1.807) is 23.9 Å². The van der Waals surface area contributed by atoms with E-state index in [0.717, 1.165) is 35.6 Å². The minimum Gasteiger partial charge on any atom is -0.347 e. The van der Waals surface area contributed by atoms with Gasteiger partial charge in [-0.15, -0.1) is 11.3 Å². The van der Waals surface area contributed by atoms with E-state index < -0.39 is 0 Å². The van der Waals surface area contributed by atoms with Gasteiger partial charge in [-0.05, 0) is 24.7 Å². The van der Waals surface area contributed by atoms with Gasteiger partial charge in [-0.2, -0.15) is 0 Å². The van der Waals surface area contributed by atoms with E-state index in [-0.39, 0.29) is 18.4 Å². The van der Waals surface area contributed by atoms with Crippen molar-refractivity contribution in [1.29, 1.82) is 0 Å². The maximum absolute atomic E-state index is 12.8. The average molecular weight is 444 g/mol. The minimum atomic E-state index is -0.234. The van der Waals surface area contributed by atoms with Crippen molar-refractivity contribution in [3.8, 4) is 0 Å². The molecule has 0 spiro atoms. The van der Waals surface area contributed by atoms with Crippen LogP contribution < -0.4 is 10.6 Å². The number of amides is 2. The molecule has 7 nitrogen and oxygen atoms in total. The molecule has 2 aromatic heterocycles. The third-order valence-electron chi connectivity index (χ3n) is 5.03. The molecule has 0 aliphatic carbocycles. The van der Waals surface area contributed by atoms with Crippen LogP contribution in [0.3, 0.4) is 0 Å². The fourth-order valence-electron chi connectivity index (χ4n) is 3.41. The third-order valence-corrected chi connectivity index (χ3v) is 6.31. The molecule has 30 heavy (non-hydrogen) atoms. The molecule has 1 aliphatic rings. The van der Waals surface area contributed by atoms with Crippen molar-refractivity contribution in [3.63, 3.8) is 0 Å². The second-order valence-corrected chi connectivity index (χ2v) is 8.85. The lowest BCUT2D eigenvalue weighted by atomic mass is 10.1. The number of nitrogens with one attached hydrogen (secondary N) is 2. The van der Waals surface area contributed by atoms with Gasteiger partial charge in [0.15, 0.2) is 5.01 Å². The lowest BCUT2D eigenvalue weighted by Gasteiger charge is -2.20. The molecule has 156 valence electrons. The first kappa shape index (κ1) is 20.6. The number of fused-ring (bicyclic) bond motifs is 1. The molecule has 3 heterocycles. The first-order valence-electron chi connectivity index (χ1n) is 9.57. The molecule has 3 aromatic rings. The molecule has 0 unspecified atom stereocenters. The summed E-state index contributed by atoms with van der Waals surface area (Å²) in [5, 5.41) is 6.80. The summed E-state index contributed by atoms with van der Waals surface area (Å²) >= 11 is 7.40. The van der Waals surface area contributed by atoms with Gasteiger partial charge < -0.3 is 20.1 Å². The van der Waals surface area contributed by atoms with Crippen LogP contribution in [-0.2, 0) is 26.6 Å². The SMILES string of the molecule is CN1CCc2nc(C(=O)Nc3ccccc3CNC(=O)c3cc(Cl)cn3C)sc2C1. The Labute approximate surface area is 183 Å². The number of hydrogen-bond donors (Lipinski definition) is 2. The molecule has 0 bridgehead atoms. The molecular formula is C21H22ClN5O2S. The fourth-order valence-corrected chi connectivity index (χ4v) is 4.74. The summed E-state index contributed by atoms with van der Waals surface area (Å²) in [4.78, 5) is 33.1. The van der Waals surface area contributed by atoms with Crippen LogP contribution >= 0.6 is 22.9 Å². The maximum Gasteiger partial charge on any atom is 0.284 e. The number of carbonyl (C=O) groups is 2. The molecule has 0 atom stereocenters. The first-order valence-corrected chi connectivity index (χ1v) is 10.8. The molecule has 0 saturated heterocycles. The van der Waals surface area contributed by atoms with Crippen molar-refractivity contribution in [2.75, 3.05) is 18.9 Å². The summed E-state index contributed by atoms with van der Waals surface area (Å²) < 4.78 is 1.67. The molecule has 0 fully saturated rings. The Hall–Kier alpha value is -2.68.